The minimum Gasteiger partial charge on any atom is -0.369 e. The van der Waals surface area contributed by atoms with Crippen LogP contribution in [0.4, 0.5) is 11.4 Å². The van der Waals surface area contributed by atoms with Crippen LogP contribution in [0.5, 0.6) is 0 Å². The molecule has 1 aromatic carbocycles. The average molecular weight is 371 g/mol. The molecule has 1 aromatic heterocycles. The molecule has 1 N–H and O–H groups in total. The van der Waals surface area contributed by atoms with Crippen molar-refractivity contribution >= 4 is 51.8 Å². The van der Waals surface area contributed by atoms with Crippen LogP contribution >= 0.6 is 34.5 Å². The zero-order valence-corrected chi connectivity index (χ0v) is 15.6. The lowest BCUT2D eigenvalue weighted by atomic mass is 10.2. The Morgan fingerprint density at radius 3 is 2.65 bits per heavy atom. The molecular formula is C17H20Cl2N2OS. The van der Waals surface area contributed by atoms with Crippen LogP contribution < -0.4 is 10.2 Å². The number of nitrogens with zero attached hydrogens (tertiary/aromatic N) is 1. The molecule has 0 spiro atoms. The number of thiophene rings is 1. The van der Waals surface area contributed by atoms with Gasteiger partial charge in [0.25, 0.3) is 0 Å². The zero-order chi connectivity index (χ0) is 16.8. The molecule has 23 heavy (non-hydrogen) atoms. The predicted molar refractivity (Wildman–Crippen MR) is 101 cm³/mol. The van der Waals surface area contributed by atoms with Crippen molar-refractivity contribution in [2.45, 2.75) is 32.7 Å². The standard InChI is InChI=1S/C17H20Cl2N2OS/c1-3-4-5-17(22)20-15-8-6-12(10-14(15)18)21(2)11-13-7-9-16(19)23-13/h6-10H,3-5,11H2,1-2H3,(H,20,22). The minimum absolute atomic E-state index is 0.00285. The second-order valence-corrected chi connectivity index (χ2v) is 7.58. The van der Waals surface area contributed by atoms with E-state index in [-0.39, 0.29) is 5.91 Å². The van der Waals surface area contributed by atoms with Crippen LogP contribution in [0.1, 0.15) is 31.1 Å². The van der Waals surface area contributed by atoms with Gasteiger partial charge in [0.15, 0.2) is 0 Å². The molecule has 1 amide bonds. The normalized spacial score (nSPS) is 10.6. The van der Waals surface area contributed by atoms with Crippen LogP contribution in [-0.4, -0.2) is 13.0 Å². The molecule has 0 aliphatic carbocycles. The summed E-state index contributed by atoms with van der Waals surface area (Å²) in [6, 6.07) is 9.59. The first-order chi connectivity index (χ1) is 11.0. The molecule has 2 rings (SSSR count). The fourth-order valence-corrected chi connectivity index (χ4v) is 3.52. The summed E-state index contributed by atoms with van der Waals surface area (Å²) in [5.74, 6) is 0.00285. The van der Waals surface area contributed by atoms with E-state index in [0.717, 1.165) is 29.4 Å². The quantitative estimate of drug-likeness (QED) is 0.665. The molecule has 0 saturated carbocycles. The van der Waals surface area contributed by atoms with Gasteiger partial charge in [-0.2, -0.15) is 0 Å². The minimum atomic E-state index is 0.00285. The number of amides is 1. The fraction of sp³-hybridized carbons (Fsp3) is 0.353. The molecular weight excluding hydrogens is 351 g/mol. The van der Waals surface area contributed by atoms with E-state index in [1.807, 2.05) is 37.4 Å². The first-order valence-electron chi connectivity index (χ1n) is 7.54. The number of anilines is 2. The second-order valence-electron chi connectivity index (χ2n) is 5.38. The van der Waals surface area contributed by atoms with E-state index in [0.29, 0.717) is 17.1 Å². The number of carbonyl (C=O) groups excluding carboxylic acids is 1. The summed E-state index contributed by atoms with van der Waals surface area (Å²) < 4.78 is 0.788. The number of hydrogen-bond donors (Lipinski definition) is 1. The number of halogens is 2. The maximum Gasteiger partial charge on any atom is 0.224 e. The smallest absolute Gasteiger partial charge is 0.224 e. The van der Waals surface area contributed by atoms with Crippen molar-refractivity contribution in [1.82, 2.24) is 0 Å². The molecule has 124 valence electrons. The van der Waals surface area contributed by atoms with Gasteiger partial charge in [-0.25, -0.2) is 0 Å². The summed E-state index contributed by atoms with van der Waals surface area (Å²) in [6.45, 7) is 2.82. The molecule has 0 saturated heterocycles. The van der Waals surface area contributed by atoms with Gasteiger partial charge >= 0.3 is 0 Å². The summed E-state index contributed by atoms with van der Waals surface area (Å²) in [4.78, 5) is 15.1. The van der Waals surface area contributed by atoms with Crippen LogP contribution in [0, 0.1) is 0 Å². The zero-order valence-electron chi connectivity index (χ0n) is 13.2. The lowest BCUT2D eigenvalue weighted by Gasteiger charge is -2.19. The molecule has 0 atom stereocenters. The van der Waals surface area contributed by atoms with Crippen molar-refractivity contribution in [1.29, 1.82) is 0 Å². The third-order valence-corrected chi connectivity index (χ3v) is 4.98. The molecule has 1 heterocycles. The molecule has 0 fully saturated rings. The van der Waals surface area contributed by atoms with Gasteiger partial charge in [-0.05, 0) is 36.8 Å². The average Bonchev–Trinajstić information content (AvgIpc) is 2.92. The number of carbonyl (C=O) groups is 1. The van der Waals surface area contributed by atoms with Gasteiger partial charge in [-0.1, -0.05) is 36.5 Å². The Kier molecular flexibility index (Phi) is 6.75. The van der Waals surface area contributed by atoms with Crippen molar-refractivity contribution in [2.24, 2.45) is 0 Å². The van der Waals surface area contributed by atoms with Gasteiger partial charge in [0, 0.05) is 24.0 Å². The highest BCUT2D eigenvalue weighted by Gasteiger charge is 2.09. The second kappa shape index (κ2) is 8.57. The number of benzene rings is 1. The third kappa shape index (κ3) is 5.41. The van der Waals surface area contributed by atoms with Crippen LogP contribution in [0.2, 0.25) is 9.36 Å². The molecule has 0 aliphatic heterocycles. The van der Waals surface area contributed by atoms with Crippen molar-refractivity contribution in [3.63, 3.8) is 0 Å². The predicted octanol–water partition coefficient (Wildman–Crippen LogP) is 5.82. The highest BCUT2D eigenvalue weighted by molar-refractivity contribution is 7.16. The SMILES string of the molecule is CCCCC(=O)Nc1ccc(N(C)Cc2ccc(Cl)s2)cc1Cl. The van der Waals surface area contributed by atoms with E-state index in [1.54, 1.807) is 11.3 Å². The van der Waals surface area contributed by atoms with Crippen LogP contribution in [-0.2, 0) is 11.3 Å². The van der Waals surface area contributed by atoms with E-state index in [9.17, 15) is 4.79 Å². The number of unbranched alkanes of at least 4 members (excludes halogenated alkanes) is 1. The van der Waals surface area contributed by atoms with E-state index >= 15 is 0 Å². The van der Waals surface area contributed by atoms with Gasteiger partial charge in [-0.3, -0.25) is 4.79 Å². The molecule has 3 nitrogen and oxygen atoms in total. The molecule has 6 heteroatoms. The van der Waals surface area contributed by atoms with Gasteiger partial charge in [0.2, 0.25) is 5.91 Å². The van der Waals surface area contributed by atoms with Gasteiger partial charge in [0.1, 0.15) is 0 Å². The highest BCUT2D eigenvalue weighted by atomic mass is 35.5. The van der Waals surface area contributed by atoms with Gasteiger partial charge < -0.3 is 10.2 Å². The molecule has 2 aromatic rings. The summed E-state index contributed by atoms with van der Waals surface area (Å²) in [7, 11) is 2.00. The Morgan fingerprint density at radius 2 is 2.04 bits per heavy atom. The molecule has 0 unspecified atom stereocenters. The van der Waals surface area contributed by atoms with Crippen LogP contribution in [0.3, 0.4) is 0 Å². The fourth-order valence-electron chi connectivity index (χ4n) is 2.15. The van der Waals surface area contributed by atoms with Crippen molar-refractivity contribution in [2.75, 3.05) is 17.3 Å². The lowest BCUT2D eigenvalue weighted by molar-refractivity contribution is -0.116. The number of nitrogens with one attached hydrogen (secondary N) is 1. The maximum atomic E-state index is 11.8. The van der Waals surface area contributed by atoms with Crippen molar-refractivity contribution in [3.8, 4) is 0 Å². The Hall–Kier alpha value is -1.23. The maximum absolute atomic E-state index is 11.8. The Morgan fingerprint density at radius 1 is 1.26 bits per heavy atom. The summed E-state index contributed by atoms with van der Waals surface area (Å²) >= 11 is 13.8. The lowest BCUT2D eigenvalue weighted by Crippen LogP contribution is -2.16. The van der Waals surface area contributed by atoms with E-state index in [4.69, 9.17) is 23.2 Å². The highest BCUT2D eigenvalue weighted by Crippen LogP contribution is 2.29. The Balaban J connectivity index is 2.01. The Labute approximate surface area is 151 Å². The van der Waals surface area contributed by atoms with E-state index in [1.165, 1.54) is 4.88 Å². The monoisotopic (exact) mass is 370 g/mol. The van der Waals surface area contributed by atoms with Gasteiger partial charge in [0.05, 0.1) is 21.6 Å². The summed E-state index contributed by atoms with van der Waals surface area (Å²) in [5, 5.41) is 3.40. The first-order valence-corrected chi connectivity index (χ1v) is 9.11. The van der Waals surface area contributed by atoms with E-state index < -0.39 is 0 Å². The number of rotatable bonds is 7. The Bertz CT molecular complexity index is 672. The molecule has 0 radical (unpaired) electrons. The molecule has 0 bridgehead atoms. The van der Waals surface area contributed by atoms with Crippen molar-refractivity contribution < 1.29 is 4.79 Å². The largest absolute Gasteiger partial charge is 0.369 e. The van der Waals surface area contributed by atoms with Crippen LogP contribution in [0.15, 0.2) is 30.3 Å². The first kappa shape index (κ1) is 18.1. The molecule has 0 aliphatic rings. The van der Waals surface area contributed by atoms with Crippen molar-refractivity contribution in [3.05, 3.63) is 44.6 Å². The van der Waals surface area contributed by atoms with Gasteiger partial charge in [-0.15, -0.1) is 11.3 Å². The number of hydrogen-bond acceptors (Lipinski definition) is 3. The van der Waals surface area contributed by atoms with Crippen LogP contribution in [0.25, 0.3) is 0 Å². The summed E-state index contributed by atoms with van der Waals surface area (Å²) in [5.41, 5.74) is 1.65. The topological polar surface area (TPSA) is 32.3 Å². The third-order valence-electron chi connectivity index (χ3n) is 3.45. The summed E-state index contributed by atoms with van der Waals surface area (Å²) in [6.07, 6.45) is 2.40. The van der Waals surface area contributed by atoms with E-state index in [2.05, 4.69) is 17.1 Å².